The monoisotopic (exact) mass is 158 g/mol. The Morgan fingerprint density at radius 2 is 2.00 bits per heavy atom. The second kappa shape index (κ2) is 4.04. The van der Waals surface area contributed by atoms with Gasteiger partial charge in [-0.25, -0.2) is 0 Å². The largest absolute Gasteiger partial charge is 0.395 e. The molecule has 1 fully saturated rings. The van der Waals surface area contributed by atoms with Crippen LogP contribution in [0.5, 0.6) is 0 Å². The van der Waals surface area contributed by atoms with E-state index >= 15 is 0 Å². The highest BCUT2D eigenvalue weighted by molar-refractivity contribution is 4.83. The van der Waals surface area contributed by atoms with Crippen LogP contribution in [0.1, 0.15) is 12.8 Å². The Balaban J connectivity index is 2.19. The molecule has 0 aromatic heterocycles. The second-order valence-electron chi connectivity index (χ2n) is 3.58. The Kier molecular flexibility index (Phi) is 3.30. The number of nitrogens with zero attached hydrogens (tertiary/aromatic N) is 1. The maximum atomic E-state index is 8.84. The average Bonchev–Trinajstić information content (AvgIpc) is 2.34. The predicted molar refractivity (Wildman–Crippen MR) is 45.6 cm³/mol. The van der Waals surface area contributed by atoms with E-state index in [9.17, 15) is 0 Å². The summed E-state index contributed by atoms with van der Waals surface area (Å²) in [7, 11) is 4.15. The standard InChI is InChI=1S/C8H18N2O/c1-10(2)5-7-3-4-8(6-11)9-7/h7-9,11H,3-6H2,1-2H3/t7-,8?/m0/s1. The highest BCUT2D eigenvalue weighted by atomic mass is 16.3. The molecule has 1 unspecified atom stereocenters. The van der Waals surface area contributed by atoms with Gasteiger partial charge in [-0.3, -0.25) is 0 Å². The van der Waals surface area contributed by atoms with Crippen molar-refractivity contribution in [1.29, 1.82) is 0 Å². The molecule has 0 aromatic rings. The molecule has 0 bridgehead atoms. The van der Waals surface area contributed by atoms with Crippen LogP contribution in [0.25, 0.3) is 0 Å². The molecule has 11 heavy (non-hydrogen) atoms. The molecule has 66 valence electrons. The molecule has 3 heteroatoms. The summed E-state index contributed by atoms with van der Waals surface area (Å²) < 4.78 is 0. The van der Waals surface area contributed by atoms with E-state index in [0.29, 0.717) is 12.1 Å². The zero-order valence-electron chi connectivity index (χ0n) is 7.38. The molecule has 0 saturated carbocycles. The van der Waals surface area contributed by atoms with Gasteiger partial charge < -0.3 is 15.3 Å². The van der Waals surface area contributed by atoms with Crippen LogP contribution in [-0.2, 0) is 0 Å². The lowest BCUT2D eigenvalue weighted by atomic mass is 10.2. The predicted octanol–water partition coefficient (Wildman–Crippen LogP) is -0.339. The molecule has 1 saturated heterocycles. The van der Waals surface area contributed by atoms with Gasteiger partial charge in [0, 0.05) is 18.6 Å². The fraction of sp³-hybridized carbons (Fsp3) is 1.00. The van der Waals surface area contributed by atoms with Crippen LogP contribution in [0.4, 0.5) is 0 Å². The van der Waals surface area contributed by atoms with E-state index in [2.05, 4.69) is 24.3 Å². The van der Waals surface area contributed by atoms with Crippen LogP contribution in [0, 0.1) is 0 Å². The van der Waals surface area contributed by atoms with Gasteiger partial charge in [-0.2, -0.15) is 0 Å². The van der Waals surface area contributed by atoms with Crippen LogP contribution in [0.15, 0.2) is 0 Å². The van der Waals surface area contributed by atoms with Crippen molar-refractivity contribution in [3.05, 3.63) is 0 Å². The van der Waals surface area contributed by atoms with Gasteiger partial charge in [-0.1, -0.05) is 0 Å². The van der Waals surface area contributed by atoms with Crippen molar-refractivity contribution in [2.45, 2.75) is 24.9 Å². The highest BCUT2D eigenvalue weighted by Gasteiger charge is 2.22. The second-order valence-corrected chi connectivity index (χ2v) is 3.58. The van der Waals surface area contributed by atoms with Crippen LogP contribution >= 0.6 is 0 Å². The lowest BCUT2D eigenvalue weighted by molar-refractivity contribution is 0.247. The fourth-order valence-corrected chi connectivity index (χ4v) is 1.63. The first kappa shape index (κ1) is 8.97. The van der Waals surface area contributed by atoms with Crippen molar-refractivity contribution in [1.82, 2.24) is 10.2 Å². The van der Waals surface area contributed by atoms with Gasteiger partial charge in [-0.15, -0.1) is 0 Å². The molecule has 1 rings (SSSR count). The Morgan fingerprint density at radius 1 is 1.36 bits per heavy atom. The number of likely N-dealkylation sites (N-methyl/N-ethyl adjacent to an activating group) is 1. The minimum Gasteiger partial charge on any atom is -0.395 e. The molecule has 0 spiro atoms. The number of hydrogen-bond acceptors (Lipinski definition) is 3. The number of aliphatic hydroxyl groups is 1. The maximum Gasteiger partial charge on any atom is 0.0584 e. The van der Waals surface area contributed by atoms with E-state index in [1.165, 1.54) is 6.42 Å². The SMILES string of the molecule is CN(C)C[C@@H]1CCC(CO)N1. The average molecular weight is 158 g/mol. The molecule has 2 N–H and O–H groups in total. The Bertz CT molecular complexity index is 117. The van der Waals surface area contributed by atoms with Gasteiger partial charge in [0.05, 0.1) is 6.61 Å². The summed E-state index contributed by atoms with van der Waals surface area (Å²) in [6.07, 6.45) is 2.32. The summed E-state index contributed by atoms with van der Waals surface area (Å²) >= 11 is 0. The van der Waals surface area contributed by atoms with E-state index in [4.69, 9.17) is 5.11 Å². The molecule has 1 aliphatic heterocycles. The van der Waals surface area contributed by atoms with Crippen molar-refractivity contribution < 1.29 is 5.11 Å². The van der Waals surface area contributed by atoms with Crippen molar-refractivity contribution in [2.24, 2.45) is 0 Å². The molecular formula is C8H18N2O. The van der Waals surface area contributed by atoms with Crippen molar-refractivity contribution in [3.8, 4) is 0 Å². The Morgan fingerprint density at radius 3 is 2.45 bits per heavy atom. The lowest BCUT2D eigenvalue weighted by Gasteiger charge is -2.17. The van der Waals surface area contributed by atoms with E-state index in [1.807, 2.05) is 0 Å². The van der Waals surface area contributed by atoms with E-state index in [1.54, 1.807) is 0 Å². The van der Waals surface area contributed by atoms with Gasteiger partial charge in [-0.05, 0) is 26.9 Å². The number of rotatable bonds is 3. The molecule has 3 nitrogen and oxygen atoms in total. The van der Waals surface area contributed by atoms with Gasteiger partial charge in [0.15, 0.2) is 0 Å². The van der Waals surface area contributed by atoms with Gasteiger partial charge in [0.2, 0.25) is 0 Å². The molecule has 2 atom stereocenters. The van der Waals surface area contributed by atoms with E-state index in [0.717, 1.165) is 13.0 Å². The van der Waals surface area contributed by atoms with Crippen LogP contribution < -0.4 is 5.32 Å². The highest BCUT2D eigenvalue weighted by Crippen LogP contribution is 2.11. The quantitative estimate of drug-likeness (QED) is 0.590. The molecule has 0 aromatic carbocycles. The minimum atomic E-state index is 0.282. The van der Waals surface area contributed by atoms with Crippen LogP contribution in [-0.4, -0.2) is 49.3 Å². The molecule has 0 amide bonds. The summed E-state index contributed by atoms with van der Waals surface area (Å²) in [6.45, 7) is 1.36. The van der Waals surface area contributed by atoms with Crippen LogP contribution in [0.3, 0.4) is 0 Å². The summed E-state index contributed by atoms with van der Waals surface area (Å²) in [5.41, 5.74) is 0. The Labute approximate surface area is 68.4 Å². The zero-order valence-corrected chi connectivity index (χ0v) is 7.38. The fourth-order valence-electron chi connectivity index (χ4n) is 1.63. The van der Waals surface area contributed by atoms with Crippen molar-refractivity contribution >= 4 is 0 Å². The lowest BCUT2D eigenvalue weighted by Crippen LogP contribution is -2.38. The summed E-state index contributed by atoms with van der Waals surface area (Å²) in [4.78, 5) is 2.18. The van der Waals surface area contributed by atoms with E-state index in [-0.39, 0.29) is 6.61 Å². The number of hydrogen-bond donors (Lipinski definition) is 2. The molecule has 1 heterocycles. The molecule has 0 aliphatic carbocycles. The van der Waals surface area contributed by atoms with E-state index < -0.39 is 0 Å². The third kappa shape index (κ3) is 2.77. The Hall–Kier alpha value is -0.120. The first-order valence-corrected chi connectivity index (χ1v) is 4.24. The number of aliphatic hydroxyl groups excluding tert-OH is 1. The smallest absolute Gasteiger partial charge is 0.0584 e. The van der Waals surface area contributed by atoms with Gasteiger partial charge in [0.1, 0.15) is 0 Å². The summed E-state index contributed by atoms with van der Waals surface area (Å²) in [6, 6.07) is 0.932. The summed E-state index contributed by atoms with van der Waals surface area (Å²) in [5.74, 6) is 0. The van der Waals surface area contributed by atoms with Gasteiger partial charge >= 0.3 is 0 Å². The summed E-state index contributed by atoms with van der Waals surface area (Å²) in [5, 5.41) is 12.2. The zero-order chi connectivity index (χ0) is 8.27. The van der Waals surface area contributed by atoms with Crippen molar-refractivity contribution in [3.63, 3.8) is 0 Å². The molecule has 1 aliphatic rings. The van der Waals surface area contributed by atoms with Gasteiger partial charge in [0.25, 0.3) is 0 Å². The molecular weight excluding hydrogens is 140 g/mol. The molecule has 0 radical (unpaired) electrons. The third-order valence-corrected chi connectivity index (χ3v) is 2.14. The third-order valence-electron chi connectivity index (χ3n) is 2.14. The van der Waals surface area contributed by atoms with Crippen LogP contribution in [0.2, 0.25) is 0 Å². The first-order valence-electron chi connectivity index (χ1n) is 4.24. The normalized spacial score (nSPS) is 31.6. The topological polar surface area (TPSA) is 35.5 Å². The maximum absolute atomic E-state index is 8.84. The van der Waals surface area contributed by atoms with Crippen molar-refractivity contribution in [2.75, 3.05) is 27.2 Å². The number of nitrogens with one attached hydrogen (secondary N) is 1. The first-order chi connectivity index (χ1) is 5.22. The minimum absolute atomic E-state index is 0.282.